The van der Waals surface area contributed by atoms with Gasteiger partial charge < -0.3 is 5.11 Å². The second-order valence-corrected chi connectivity index (χ2v) is 6.33. The predicted molar refractivity (Wildman–Crippen MR) is 65.6 cm³/mol. The van der Waals surface area contributed by atoms with E-state index in [1.165, 1.54) is 0 Å². The molecule has 0 aliphatic rings. The monoisotopic (exact) mass is 266 g/mol. The molecular formula is C9H18N2O3S2. The van der Waals surface area contributed by atoms with Crippen LogP contribution in [0, 0.1) is 11.3 Å². The molecule has 0 fully saturated rings. The minimum Gasteiger partial charge on any atom is -0.396 e. The van der Waals surface area contributed by atoms with Crippen LogP contribution in [0.15, 0.2) is 0 Å². The molecule has 0 aromatic carbocycles. The molecule has 0 spiro atoms. The maximum absolute atomic E-state index is 11.5. The van der Waals surface area contributed by atoms with Crippen molar-refractivity contribution >= 4 is 21.8 Å². The first-order valence-corrected chi connectivity index (χ1v) is 7.85. The first-order valence-electron chi connectivity index (χ1n) is 5.15. The summed E-state index contributed by atoms with van der Waals surface area (Å²) in [6.45, 7) is 2.16. The van der Waals surface area contributed by atoms with E-state index in [0.717, 1.165) is 5.75 Å². The number of thioether (sulfide) groups is 1. The number of rotatable bonds is 9. The van der Waals surface area contributed by atoms with E-state index in [1.54, 1.807) is 24.8 Å². The Bertz CT molecular complexity index is 311. The topological polar surface area (TPSA) is 90.2 Å². The van der Waals surface area contributed by atoms with E-state index in [-0.39, 0.29) is 6.61 Å². The number of sulfonamides is 1. The van der Waals surface area contributed by atoms with Crippen LogP contribution in [0.1, 0.15) is 19.8 Å². The SMILES string of the molecule is CCC(C#N)S(=O)(=O)NCCSCCCO. The molecule has 0 saturated heterocycles. The normalized spacial score (nSPS) is 13.3. The smallest absolute Gasteiger partial charge is 0.227 e. The molecule has 7 heteroatoms. The molecule has 0 heterocycles. The molecule has 1 atom stereocenters. The van der Waals surface area contributed by atoms with Gasteiger partial charge in [-0.3, -0.25) is 0 Å². The van der Waals surface area contributed by atoms with Crippen molar-refractivity contribution in [2.75, 3.05) is 24.7 Å². The van der Waals surface area contributed by atoms with Crippen LogP contribution in [0.2, 0.25) is 0 Å². The Hall–Kier alpha value is -0.290. The molecule has 0 aromatic heterocycles. The summed E-state index contributed by atoms with van der Waals surface area (Å²) in [7, 11) is -3.49. The molecule has 0 aromatic rings. The molecule has 0 aliphatic heterocycles. The lowest BCUT2D eigenvalue weighted by atomic mass is 10.4. The van der Waals surface area contributed by atoms with Crippen molar-refractivity contribution < 1.29 is 13.5 Å². The Balaban J connectivity index is 3.80. The quantitative estimate of drug-likeness (QED) is 0.587. The van der Waals surface area contributed by atoms with E-state index in [1.807, 2.05) is 0 Å². The molecular weight excluding hydrogens is 248 g/mol. The van der Waals surface area contributed by atoms with Crippen LogP contribution >= 0.6 is 11.8 Å². The van der Waals surface area contributed by atoms with Crippen molar-refractivity contribution in [3.63, 3.8) is 0 Å². The van der Waals surface area contributed by atoms with Crippen LogP contribution in [0.4, 0.5) is 0 Å². The van der Waals surface area contributed by atoms with Crippen molar-refractivity contribution in [1.82, 2.24) is 4.72 Å². The number of aliphatic hydroxyl groups is 1. The lowest BCUT2D eigenvalue weighted by Crippen LogP contribution is -2.34. The van der Waals surface area contributed by atoms with E-state index in [4.69, 9.17) is 10.4 Å². The Morgan fingerprint density at radius 1 is 1.50 bits per heavy atom. The fourth-order valence-corrected chi connectivity index (χ4v) is 3.08. The van der Waals surface area contributed by atoms with E-state index < -0.39 is 15.3 Å². The fraction of sp³-hybridized carbons (Fsp3) is 0.889. The van der Waals surface area contributed by atoms with Crippen LogP contribution in [0.25, 0.3) is 0 Å². The molecule has 2 N–H and O–H groups in total. The predicted octanol–water partition coefficient (Wildman–Crippen LogP) is 0.324. The van der Waals surface area contributed by atoms with Crippen molar-refractivity contribution in [3.8, 4) is 6.07 Å². The highest BCUT2D eigenvalue weighted by Gasteiger charge is 2.22. The Morgan fingerprint density at radius 3 is 2.69 bits per heavy atom. The van der Waals surface area contributed by atoms with E-state index >= 15 is 0 Å². The summed E-state index contributed by atoms with van der Waals surface area (Å²) in [5.74, 6) is 1.47. The van der Waals surface area contributed by atoms with Crippen LogP contribution in [0.5, 0.6) is 0 Å². The zero-order chi connectivity index (χ0) is 12.4. The van der Waals surface area contributed by atoms with Gasteiger partial charge in [0.1, 0.15) is 0 Å². The molecule has 0 radical (unpaired) electrons. The van der Waals surface area contributed by atoms with Crippen molar-refractivity contribution in [3.05, 3.63) is 0 Å². The summed E-state index contributed by atoms with van der Waals surface area (Å²) in [5, 5.41) is 16.2. The summed E-state index contributed by atoms with van der Waals surface area (Å²) in [6, 6.07) is 1.76. The highest BCUT2D eigenvalue weighted by molar-refractivity contribution is 7.99. The van der Waals surface area contributed by atoms with E-state index in [0.29, 0.717) is 25.1 Å². The van der Waals surface area contributed by atoms with Gasteiger partial charge in [0.25, 0.3) is 0 Å². The van der Waals surface area contributed by atoms with Gasteiger partial charge in [0, 0.05) is 18.9 Å². The summed E-state index contributed by atoms with van der Waals surface area (Å²) >= 11 is 1.58. The maximum Gasteiger partial charge on any atom is 0.227 e. The standard InChI is InChI=1S/C9H18N2O3S2/c1-2-9(8-10)16(13,14)11-4-7-15-6-3-5-12/h9,11-12H,2-7H2,1H3. The first-order chi connectivity index (χ1) is 7.58. The van der Waals surface area contributed by atoms with E-state index in [2.05, 4.69) is 4.72 Å². The average molecular weight is 266 g/mol. The third-order valence-corrected chi connectivity index (χ3v) is 4.75. The number of nitriles is 1. The van der Waals surface area contributed by atoms with Gasteiger partial charge in [0.05, 0.1) is 6.07 Å². The lowest BCUT2D eigenvalue weighted by Gasteiger charge is -2.09. The van der Waals surface area contributed by atoms with Gasteiger partial charge in [-0.1, -0.05) is 6.92 Å². The number of nitrogens with zero attached hydrogens (tertiary/aromatic N) is 1. The number of nitrogens with one attached hydrogen (secondary N) is 1. The van der Waals surface area contributed by atoms with Gasteiger partial charge in [0.2, 0.25) is 10.0 Å². The van der Waals surface area contributed by atoms with Gasteiger partial charge >= 0.3 is 0 Å². The second-order valence-electron chi connectivity index (χ2n) is 3.15. The zero-order valence-corrected chi connectivity index (χ0v) is 11.0. The van der Waals surface area contributed by atoms with Crippen LogP contribution in [-0.2, 0) is 10.0 Å². The molecule has 0 saturated carbocycles. The Morgan fingerprint density at radius 2 is 2.19 bits per heavy atom. The molecule has 0 rings (SSSR count). The number of aliphatic hydroxyl groups excluding tert-OH is 1. The molecule has 5 nitrogen and oxygen atoms in total. The number of hydrogen-bond acceptors (Lipinski definition) is 5. The molecule has 0 bridgehead atoms. The lowest BCUT2D eigenvalue weighted by molar-refractivity contribution is 0.296. The van der Waals surface area contributed by atoms with Gasteiger partial charge in [-0.15, -0.1) is 0 Å². The van der Waals surface area contributed by atoms with Crippen LogP contribution < -0.4 is 4.72 Å². The summed E-state index contributed by atoms with van der Waals surface area (Å²) in [4.78, 5) is 0. The van der Waals surface area contributed by atoms with Crippen molar-refractivity contribution in [2.24, 2.45) is 0 Å². The van der Waals surface area contributed by atoms with Crippen molar-refractivity contribution in [2.45, 2.75) is 25.0 Å². The van der Waals surface area contributed by atoms with Crippen LogP contribution in [0.3, 0.4) is 0 Å². The van der Waals surface area contributed by atoms with E-state index in [9.17, 15) is 8.42 Å². The van der Waals surface area contributed by atoms with Gasteiger partial charge in [0.15, 0.2) is 5.25 Å². The summed E-state index contributed by atoms with van der Waals surface area (Å²) in [5.41, 5.74) is 0. The molecule has 1 unspecified atom stereocenters. The average Bonchev–Trinajstić information content (AvgIpc) is 2.24. The zero-order valence-electron chi connectivity index (χ0n) is 9.35. The molecule has 16 heavy (non-hydrogen) atoms. The van der Waals surface area contributed by atoms with Crippen molar-refractivity contribution in [1.29, 1.82) is 5.26 Å². The third-order valence-electron chi connectivity index (χ3n) is 1.89. The van der Waals surface area contributed by atoms with Gasteiger partial charge in [-0.2, -0.15) is 17.0 Å². The Kier molecular flexibility index (Phi) is 8.66. The van der Waals surface area contributed by atoms with Gasteiger partial charge in [-0.05, 0) is 18.6 Å². The largest absolute Gasteiger partial charge is 0.396 e. The summed E-state index contributed by atoms with van der Waals surface area (Å²) < 4.78 is 25.4. The molecule has 0 amide bonds. The molecule has 94 valence electrons. The maximum atomic E-state index is 11.5. The number of hydrogen-bond donors (Lipinski definition) is 2. The third kappa shape index (κ3) is 6.33. The highest BCUT2D eigenvalue weighted by atomic mass is 32.2. The van der Waals surface area contributed by atoms with Gasteiger partial charge in [-0.25, -0.2) is 13.1 Å². The van der Waals surface area contributed by atoms with Crippen LogP contribution in [-0.4, -0.2) is 43.4 Å². The highest BCUT2D eigenvalue weighted by Crippen LogP contribution is 2.04. The minimum absolute atomic E-state index is 0.158. The minimum atomic E-state index is -3.49. The Labute approximate surface area is 101 Å². The molecule has 0 aliphatic carbocycles. The second kappa shape index (κ2) is 8.82. The fourth-order valence-electron chi connectivity index (χ4n) is 1.01. The first kappa shape index (κ1) is 15.7. The summed E-state index contributed by atoms with van der Waals surface area (Å²) in [6.07, 6.45) is 1.01.